The van der Waals surface area contributed by atoms with E-state index in [0.717, 1.165) is 93.8 Å². The van der Waals surface area contributed by atoms with Crippen molar-refractivity contribution in [3.63, 3.8) is 0 Å². The predicted molar refractivity (Wildman–Crippen MR) is 233 cm³/mol. The maximum absolute atomic E-state index is 6.82. The van der Waals surface area contributed by atoms with Gasteiger partial charge < -0.3 is 4.42 Å². The van der Waals surface area contributed by atoms with Gasteiger partial charge in [-0.1, -0.05) is 170 Å². The van der Waals surface area contributed by atoms with Crippen molar-refractivity contribution in [1.82, 2.24) is 19.9 Å². The molecule has 8 aromatic carbocycles. The Morgan fingerprint density at radius 2 is 0.842 bits per heavy atom. The first-order valence-corrected chi connectivity index (χ1v) is 19.1. The second-order valence-electron chi connectivity index (χ2n) is 14.2. The normalized spacial score (nSPS) is 11.5. The molecule has 0 atom stereocenters. The molecule has 0 saturated heterocycles. The Kier molecular flexibility index (Phi) is 7.74. The zero-order valence-corrected chi connectivity index (χ0v) is 30.7. The molecule has 0 bridgehead atoms. The molecule has 3 heterocycles. The molecular weight excluding hydrogens is 697 g/mol. The first kappa shape index (κ1) is 32.7. The van der Waals surface area contributed by atoms with Crippen LogP contribution in [-0.2, 0) is 0 Å². The average Bonchev–Trinajstić information content (AvgIpc) is 3.69. The highest BCUT2D eigenvalue weighted by atomic mass is 16.3. The van der Waals surface area contributed by atoms with Crippen LogP contribution in [0, 0.1) is 0 Å². The minimum atomic E-state index is 0.600. The van der Waals surface area contributed by atoms with E-state index in [2.05, 4.69) is 152 Å². The molecule has 0 spiro atoms. The van der Waals surface area contributed by atoms with Gasteiger partial charge in [0, 0.05) is 54.7 Å². The summed E-state index contributed by atoms with van der Waals surface area (Å²) in [5.41, 5.74) is 11.7. The largest absolute Gasteiger partial charge is 0.455 e. The van der Waals surface area contributed by atoms with Crippen LogP contribution in [0.25, 0.3) is 111 Å². The number of hydrogen-bond donors (Lipinski definition) is 0. The van der Waals surface area contributed by atoms with Crippen molar-refractivity contribution in [3.05, 3.63) is 194 Å². The van der Waals surface area contributed by atoms with E-state index in [1.807, 2.05) is 42.5 Å². The number of aromatic nitrogens is 4. The molecule has 266 valence electrons. The fourth-order valence-electron chi connectivity index (χ4n) is 7.99. The van der Waals surface area contributed by atoms with Crippen LogP contribution < -0.4 is 0 Å². The van der Waals surface area contributed by atoms with Crippen molar-refractivity contribution in [1.29, 1.82) is 0 Å². The zero-order chi connectivity index (χ0) is 37.7. The number of furan rings is 1. The summed E-state index contributed by atoms with van der Waals surface area (Å²) in [6, 6.07) is 66.7. The lowest BCUT2D eigenvalue weighted by Crippen LogP contribution is -2.00. The standard InChI is InChI=1S/C52H32N4O/c1-4-14-33(15-5-1)34-26-28-37(29-27-34)51-54-50(36-18-8-3-9-19-36)55-52(56-51)39-21-12-20-38(32-39)40-23-13-24-43-47-45(57-49(40)43)31-30-42-46(47)41-22-10-11-25-44(41)53-48(42)35-16-6-2-7-17-35/h1-32H. The Hall–Kier alpha value is -7.76. The third-order valence-electron chi connectivity index (χ3n) is 10.7. The van der Waals surface area contributed by atoms with E-state index >= 15 is 0 Å². The van der Waals surface area contributed by atoms with E-state index in [9.17, 15) is 0 Å². The number of nitrogens with zero attached hydrogens (tertiary/aromatic N) is 4. The molecule has 0 aliphatic heterocycles. The summed E-state index contributed by atoms with van der Waals surface area (Å²) in [4.78, 5) is 20.3. The van der Waals surface area contributed by atoms with Gasteiger partial charge in [-0.05, 0) is 41.0 Å². The fourth-order valence-corrected chi connectivity index (χ4v) is 7.99. The molecule has 0 aliphatic rings. The highest BCUT2D eigenvalue weighted by Crippen LogP contribution is 2.43. The van der Waals surface area contributed by atoms with Gasteiger partial charge >= 0.3 is 0 Å². The Balaban J connectivity index is 1.07. The second-order valence-corrected chi connectivity index (χ2v) is 14.2. The quantitative estimate of drug-likeness (QED) is 0.160. The summed E-state index contributed by atoms with van der Waals surface area (Å²) in [7, 11) is 0. The first-order chi connectivity index (χ1) is 28.2. The SMILES string of the molecule is c1ccc(-c2ccc(-c3nc(-c4ccccc4)nc(-c4cccc(-c5cccc6c5oc5ccc7c(-c8ccccc8)nc8ccccc8c7c56)c4)n3)cc2)cc1. The smallest absolute Gasteiger partial charge is 0.164 e. The van der Waals surface area contributed by atoms with Crippen molar-refractivity contribution in [2.75, 3.05) is 0 Å². The summed E-state index contributed by atoms with van der Waals surface area (Å²) in [5.74, 6) is 1.84. The van der Waals surface area contributed by atoms with Crippen LogP contribution in [0.15, 0.2) is 199 Å². The highest BCUT2D eigenvalue weighted by molar-refractivity contribution is 6.29. The van der Waals surface area contributed by atoms with Crippen LogP contribution >= 0.6 is 0 Å². The van der Waals surface area contributed by atoms with Gasteiger partial charge in [0.05, 0.1) is 11.2 Å². The average molecular weight is 729 g/mol. The minimum absolute atomic E-state index is 0.600. The Morgan fingerprint density at radius 1 is 0.316 bits per heavy atom. The molecule has 0 N–H and O–H groups in total. The Labute approximate surface area is 328 Å². The monoisotopic (exact) mass is 728 g/mol. The van der Waals surface area contributed by atoms with E-state index in [0.29, 0.717) is 17.5 Å². The molecule has 0 unspecified atom stereocenters. The number of benzene rings is 8. The molecule has 0 amide bonds. The third-order valence-corrected chi connectivity index (χ3v) is 10.7. The van der Waals surface area contributed by atoms with Gasteiger partial charge in [0.15, 0.2) is 17.5 Å². The second kappa shape index (κ2) is 13.5. The van der Waals surface area contributed by atoms with E-state index in [-0.39, 0.29) is 0 Å². The third kappa shape index (κ3) is 5.72. The summed E-state index contributed by atoms with van der Waals surface area (Å²) in [6.07, 6.45) is 0. The molecule has 0 aliphatic carbocycles. The molecule has 11 aromatic rings. The summed E-state index contributed by atoms with van der Waals surface area (Å²) in [6.45, 7) is 0. The van der Waals surface area contributed by atoms with E-state index in [1.165, 1.54) is 0 Å². The molecule has 57 heavy (non-hydrogen) atoms. The molecule has 0 radical (unpaired) electrons. The van der Waals surface area contributed by atoms with Crippen LogP contribution in [0.3, 0.4) is 0 Å². The van der Waals surface area contributed by atoms with E-state index in [1.54, 1.807) is 0 Å². The number of rotatable bonds is 6. The summed E-state index contributed by atoms with van der Waals surface area (Å²) < 4.78 is 6.82. The van der Waals surface area contributed by atoms with Crippen molar-refractivity contribution in [2.24, 2.45) is 0 Å². The minimum Gasteiger partial charge on any atom is -0.455 e. The van der Waals surface area contributed by atoms with Gasteiger partial charge in [0.2, 0.25) is 0 Å². The Morgan fingerprint density at radius 3 is 1.58 bits per heavy atom. The van der Waals surface area contributed by atoms with Crippen molar-refractivity contribution >= 4 is 43.6 Å². The van der Waals surface area contributed by atoms with Crippen LogP contribution in [0.2, 0.25) is 0 Å². The lowest BCUT2D eigenvalue weighted by atomic mass is 9.95. The topological polar surface area (TPSA) is 64.7 Å². The molecule has 3 aromatic heterocycles. The van der Waals surface area contributed by atoms with Gasteiger partial charge in [0.25, 0.3) is 0 Å². The van der Waals surface area contributed by atoms with Gasteiger partial charge in [-0.3, -0.25) is 0 Å². The lowest BCUT2D eigenvalue weighted by Gasteiger charge is -2.11. The Bertz CT molecular complexity index is 3270. The van der Waals surface area contributed by atoms with Gasteiger partial charge in [-0.25, -0.2) is 19.9 Å². The van der Waals surface area contributed by atoms with Crippen molar-refractivity contribution < 1.29 is 4.42 Å². The lowest BCUT2D eigenvalue weighted by molar-refractivity contribution is 0.670. The van der Waals surface area contributed by atoms with E-state index in [4.69, 9.17) is 24.4 Å². The molecule has 0 fully saturated rings. The molecular formula is C52H32N4O. The van der Waals surface area contributed by atoms with Gasteiger partial charge in [-0.2, -0.15) is 0 Å². The zero-order valence-electron chi connectivity index (χ0n) is 30.7. The molecule has 0 saturated carbocycles. The molecule has 11 rings (SSSR count). The maximum Gasteiger partial charge on any atom is 0.164 e. The fraction of sp³-hybridized carbons (Fsp3) is 0. The van der Waals surface area contributed by atoms with Crippen molar-refractivity contribution in [3.8, 4) is 67.7 Å². The maximum atomic E-state index is 6.82. The predicted octanol–water partition coefficient (Wildman–Crippen LogP) is 13.5. The van der Waals surface area contributed by atoms with Crippen LogP contribution in [0.4, 0.5) is 0 Å². The summed E-state index contributed by atoms with van der Waals surface area (Å²) in [5, 5.41) is 5.48. The van der Waals surface area contributed by atoms with Crippen LogP contribution in [0.5, 0.6) is 0 Å². The van der Waals surface area contributed by atoms with Crippen molar-refractivity contribution in [2.45, 2.75) is 0 Å². The molecule has 5 heteroatoms. The highest BCUT2D eigenvalue weighted by Gasteiger charge is 2.20. The van der Waals surface area contributed by atoms with E-state index < -0.39 is 0 Å². The van der Waals surface area contributed by atoms with Gasteiger partial charge in [0.1, 0.15) is 11.2 Å². The number of fused-ring (bicyclic) bond motifs is 7. The van der Waals surface area contributed by atoms with Crippen LogP contribution in [-0.4, -0.2) is 19.9 Å². The number of pyridine rings is 1. The first-order valence-electron chi connectivity index (χ1n) is 19.1. The van der Waals surface area contributed by atoms with Gasteiger partial charge in [-0.15, -0.1) is 0 Å². The number of para-hydroxylation sites is 2. The molecule has 5 nitrogen and oxygen atoms in total. The summed E-state index contributed by atoms with van der Waals surface area (Å²) >= 11 is 0. The van der Waals surface area contributed by atoms with Crippen LogP contribution in [0.1, 0.15) is 0 Å². The number of hydrogen-bond acceptors (Lipinski definition) is 5.